The van der Waals surface area contributed by atoms with E-state index >= 15 is 0 Å². The first kappa shape index (κ1) is 27.4. The average Bonchev–Trinajstić information content (AvgIpc) is 2.81. The van der Waals surface area contributed by atoms with Gasteiger partial charge in [-0.2, -0.15) is 0 Å². The van der Waals surface area contributed by atoms with Gasteiger partial charge in [-0.25, -0.2) is 0 Å². The molecule has 180 valence electrons. The molecule has 0 aliphatic rings. The van der Waals surface area contributed by atoms with Gasteiger partial charge in [0.15, 0.2) is 0 Å². The molecule has 8 heteroatoms. The molecule has 0 radical (unpaired) electrons. The SMILES string of the molecule is CCCCNC(=O)[C@@H](CC)N(Cc1cccc(OC)c1)C(=O)CSCc1c(Cl)cccc1Cl. The van der Waals surface area contributed by atoms with Crippen LogP contribution < -0.4 is 10.1 Å². The van der Waals surface area contributed by atoms with Crippen LogP contribution in [0.2, 0.25) is 10.0 Å². The minimum atomic E-state index is -0.551. The molecule has 33 heavy (non-hydrogen) atoms. The summed E-state index contributed by atoms with van der Waals surface area (Å²) in [5.41, 5.74) is 1.71. The molecule has 2 aromatic rings. The number of amides is 2. The Balaban J connectivity index is 2.16. The van der Waals surface area contributed by atoms with Crippen molar-refractivity contribution in [1.29, 1.82) is 0 Å². The fraction of sp³-hybridized carbons (Fsp3) is 0.440. The Labute approximate surface area is 211 Å². The molecule has 2 aromatic carbocycles. The highest BCUT2D eigenvalue weighted by Gasteiger charge is 2.28. The van der Waals surface area contributed by atoms with Crippen molar-refractivity contribution in [2.24, 2.45) is 0 Å². The smallest absolute Gasteiger partial charge is 0.242 e. The predicted molar refractivity (Wildman–Crippen MR) is 138 cm³/mol. The van der Waals surface area contributed by atoms with Gasteiger partial charge in [-0.15, -0.1) is 11.8 Å². The van der Waals surface area contributed by atoms with Crippen molar-refractivity contribution in [2.45, 2.75) is 51.4 Å². The highest BCUT2D eigenvalue weighted by Crippen LogP contribution is 2.28. The van der Waals surface area contributed by atoms with Gasteiger partial charge in [0.05, 0.1) is 12.9 Å². The van der Waals surface area contributed by atoms with Gasteiger partial charge in [-0.05, 0) is 48.2 Å². The van der Waals surface area contributed by atoms with Gasteiger partial charge >= 0.3 is 0 Å². The van der Waals surface area contributed by atoms with E-state index in [4.69, 9.17) is 27.9 Å². The summed E-state index contributed by atoms with van der Waals surface area (Å²) in [7, 11) is 1.61. The zero-order valence-corrected chi connectivity index (χ0v) is 21.7. The minimum absolute atomic E-state index is 0.108. The van der Waals surface area contributed by atoms with E-state index in [-0.39, 0.29) is 17.6 Å². The fourth-order valence-electron chi connectivity index (χ4n) is 3.39. The van der Waals surface area contributed by atoms with Crippen LogP contribution in [-0.2, 0) is 21.9 Å². The first-order valence-electron chi connectivity index (χ1n) is 11.1. The van der Waals surface area contributed by atoms with E-state index in [2.05, 4.69) is 12.2 Å². The Morgan fingerprint density at radius 3 is 2.45 bits per heavy atom. The first-order valence-corrected chi connectivity index (χ1v) is 13.0. The molecule has 0 aliphatic heterocycles. The lowest BCUT2D eigenvalue weighted by atomic mass is 10.1. The molecule has 2 amide bonds. The van der Waals surface area contributed by atoms with Crippen LogP contribution in [0.3, 0.4) is 0 Å². The Kier molecular flexibility index (Phi) is 11.9. The van der Waals surface area contributed by atoms with E-state index in [0.29, 0.717) is 41.1 Å². The van der Waals surface area contributed by atoms with Crippen molar-refractivity contribution in [2.75, 3.05) is 19.4 Å². The molecule has 5 nitrogen and oxygen atoms in total. The molecule has 0 fully saturated rings. The zero-order valence-electron chi connectivity index (χ0n) is 19.4. The number of unbranched alkanes of at least 4 members (excludes halogenated alkanes) is 1. The monoisotopic (exact) mass is 510 g/mol. The van der Waals surface area contributed by atoms with Gasteiger partial charge in [0, 0.05) is 28.9 Å². The Bertz CT molecular complexity index is 906. The predicted octanol–water partition coefficient (Wildman–Crippen LogP) is 5.96. The van der Waals surface area contributed by atoms with Crippen LogP contribution >= 0.6 is 35.0 Å². The molecule has 2 rings (SSSR count). The number of thioether (sulfide) groups is 1. The topological polar surface area (TPSA) is 58.6 Å². The third-order valence-electron chi connectivity index (χ3n) is 5.24. The number of carbonyl (C=O) groups is 2. The second-order valence-corrected chi connectivity index (χ2v) is 9.43. The number of ether oxygens (including phenoxy) is 1. The van der Waals surface area contributed by atoms with Crippen LogP contribution in [0.5, 0.6) is 5.75 Å². The summed E-state index contributed by atoms with van der Waals surface area (Å²) in [6.45, 7) is 4.92. The molecule has 0 saturated heterocycles. The average molecular weight is 512 g/mol. The van der Waals surface area contributed by atoms with E-state index in [9.17, 15) is 9.59 Å². The maximum absolute atomic E-state index is 13.3. The van der Waals surface area contributed by atoms with E-state index < -0.39 is 6.04 Å². The summed E-state index contributed by atoms with van der Waals surface area (Å²) in [4.78, 5) is 27.9. The summed E-state index contributed by atoms with van der Waals surface area (Å²) < 4.78 is 5.32. The van der Waals surface area contributed by atoms with Gasteiger partial charge in [0.25, 0.3) is 0 Å². The Morgan fingerprint density at radius 2 is 1.82 bits per heavy atom. The third kappa shape index (κ3) is 8.43. The van der Waals surface area contributed by atoms with Gasteiger partial charge in [-0.3, -0.25) is 9.59 Å². The van der Waals surface area contributed by atoms with Crippen LogP contribution in [0.4, 0.5) is 0 Å². The largest absolute Gasteiger partial charge is 0.497 e. The van der Waals surface area contributed by atoms with Crippen molar-refractivity contribution in [3.05, 3.63) is 63.6 Å². The van der Waals surface area contributed by atoms with E-state index in [1.165, 1.54) is 11.8 Å². The van der Waals surface area contributed by atoms with Crippen molar-refractivity contribution < 1.29 is 14.3 Å². The highest BCUT2D eigenvalue weighted by atomic mass is 35.5. The van der Waals surface area contributed by atoms with Crippen molar-refractivity contribution >= 4 is 46.8 Å². The summed E-state index contributed by atoms with van der Waals surface area (Å²) in [5, 5.41) is 4.14. The van der Waals surface area contributed by atoms with Gasteiger partial charge in [-0.1, -0.05) is 61.7 Å². The normalized spacial score (nSPS) is 11.7. The number of rotatable bonds is 13. The van der Waals surface area contributed by atoms with Crippen molar-refractivity contribution in [3.63, 3.8) is 0 Å². The van der Waals surface area contributed by atoms with Gasteiger partial charge < -0.3 is 15.0 Å². The Morgan fingerprint density at radius 1 is 1.12 bits per heavy atom. The standard InChI is InChI=1S/C25H32Cl2N2O3S/c1-4-6-13-28-25(31)23(5-2)29(15-18-9-7-10-19(14-18)32-3)24(30)17-33-16-20-21(26)11-8-12-22(20)27/h7-12,14,23H,4-6,13,15-17H2,1-3H3,(H,28,31)/t23-/m1/s1. The number of nitrogens with zero attached hydrogens (tertiary/aromatic N) is 1. The van der Waals surface area contributed by atoms with E-state index in [1.54, 1.807) is 30.2 Å². The van der Waals surface area contributed by atoms with Crippen LogP contribution in [0.25, 0.3) is 0 Å². The fourth-order valence-corrected chi connectivity index (χ4v) is 5.03. The summed E-state index contributed by atoms with van der Waals surface area (Å²) in [5.74, 6) is 1.20. The maximum atomic E-state index is 13.3. The summed E-state index contributed by atoms with van der Waals surface area (Å²) in [6.07, 6.45) is 2.42. The number of hydrogen-bond acceptors (Lipinski definition) is 4. The second-order valence-electron chi connectivity index (χ2n) is 7.63. The summed E-state index contributed by atoms with van der Waals surface area (Å²) in [6, 6.07) is 12.4. The molecule has 0 bridgehead atoms. The van der Waals surface area contributed by atoms with Gasteiger partial charge in [0.1, 0.15) is 11.8 Å². The highest BCUT2D eigenvalue weighted by molar-refractivity contribution is 7.99. The molecule has 0 saturated carbocycles. The van der Waals surface area contributed by atoms with Crippen molar-refractivity contribution in [1.82, 2.24) is 10.2 Å². The lowest BCUT2D eigenvalue weighted by Gasteiger charge is -2.30. The molecular formula is C25H32Cl2N2O3S. The molecule has 0 aliphatic carbocycles. The number of hydrogen-bond donors (Lipinski definition) is 1. The minimum Gasteiger partial charge on any atom is -0.497 e. The second kappa shape index (κ2) is 14.4. The number of halogens is 2. The van der Waals surface area contributed by atoms with Gasteiger partial charge in [0.2, 0.25) is 11.8 Å². The molecule has 1 N–H and O–H groups in total. The van der Waals surface area contributed by atoms with E-state index in [0.717, 1.165) is 24.0 Å². The molecule has 0 heterocycles. The molecule has 0 unspecified atom stereocenters. The van der Waals surface area contributed by atoms with Crippen LogP contribution in [0.1, 0.15) is 44.2 Å². The molecule has 0 aromatic heterocycles. The molecule has 0 spiro atoms. The lowest BCUT2D eigenvalue weighted by Crippen LogP contribution is -2.49. The third-order valence-corrected chi connectivity index (χ3v) is 6.89. The molecule has 1 atom stereocenters. The quantitative estimate of drug-likeness (QED) is 0.337. The number of carbonyl (C=O) groups excluding carboxylic acids is 2. The number of methoxy groups -OCH3 is 1. The molecular weight excluding hydrogens is 479 g/mol. The van der Waals surface area contributed by atoms with E-state index in [1.807, 2.05) is 31.2 Å². The van der Waals surface area contributed by atoms with Crippen molar-refractivity contribution in [3.8, 4) is 5.75 Å². The van der Waals surface area contributed by atoms with Crippen LogP contribution in [-0.4, -0.2) is 42.2 Å². The maximum Gasteiger partial charge on any atom is 0.242 e. The number of benzene rings is 2. The van der Waals surface area contributed by atoms with Crippen LogP contribution in [0.15, 0.2) is 42.5 Å². The first-order chi connectivity index (χ1) is 15.9. The van der Waals surface area contributed by atoms with Crippen LogP contribution in [0, 0.1) is 0 Å². The number of nitrogens with one attached hydrogen (secondary N) is 1. The summed E-state index contributed by atoms with van der Waals surface area (Å²) >= 11 is 14.0. The zero-order chi connectivity index (χ0) is 24.2. The lowest BCUT2D eigenvalue weighted by molar-refractivity contribution is -0.139. The Hall–Kier alpha value is -1.89.